The van der Waals surface area contributed by atoms with Gasteiger partial charge in [-0.2, -0.15) is 5.10 Å². The second-order valence-corrected chi connectivity index (χ2v) is 6.07. The molecule has 1 aromatic carbocycles. The Morgan fingerprint density at radius 2 is 2.13 bits per heavy atom. The minimum Gasteiger partial charge on any atom is -0.403 e. The Morgan fingerprint density at radius 3 is 2.83 bits per heavy atom. The van der Waals surface area contributed by atoms with Gasteiger partial charge in [-0.3, -0.25) is 14.8 Å². The first kappa shape index (κ1) is 15.4. The zero-order chi connectivity index (χ0) is 16.4. The van der Waals surface area contributed by atoms with Crippen molar-refractivity contribution in [3.63, 3.8) is 0 Å². The normalized spacial score (nSPS) is 11.0. The van der Waals surface area contributed by atoms with Gasteiger partial charge in [0.05, 0.1) is 0 Å². The molecule has 0 unspecified atom stereocenters. The van der Waals surface area contributed by atoms with Crippen LogP contribution in [0.4, 0.5) is 6.01 Å². The van der Waals surface area contributed by atoms with E-state index in [1.165, 1.54) is 0 Å². The van der Waals surface area contributed by atoms with Gasteiger partial charge < -0.3 is 4.42 Å². The summed E-state index contributed by atoms with van der Waals surface area (Å²) < 4.78 is 8.07. The van der Waals surface area contributed by atoms with Crippen LogP contribution in [0.2, 0.25) is 0 Å². The van der Waals surface area contributed by atoms with E-state index in [-0.39, 0.29) is 12.1 Å². The summed E-state index contributed by atoms with van der Waals surface area (Å²) in [5.74, 6) is -0.0665. The summed E-state index contributed by atoms with van der Waals surface area (Å²) in [6, 6.07) is 9.30. The Labute approximate surface area is 140 Å². The summed E-state index contributed by atoms with van der Waals surface area (Å²) in [4.78, 5) is 12.1. The highest BCUT2D eigenvalue weighted by atomic mass is 79.9. The van der Waals surface area contributed by atoms with E-state index in [2.05, 4.69) is 36.5 Å². The van der Waals surface area contributed by atoms with E-state index in [9.17, 15) is 4.79 Å². The summed E-state index contributed by atoms with van der Waals surface area (Å²) in [5, 5.41) is 14.5. The number of hydrogen-bond acceptors (Lipinski definition) is 5. The first-order valence-electron chi connectivity index (χ1n) is 6.99. The number of rotatable bonds is 4. The maximum absolute atomic E-state index is 12.1. The van der Waals surface area contributed by atoms with E-state index in [4.69, 9.17) is 4.42 Å². The molecule has 0 fully saturated rings. The molecule has 0 bridgehead atoms. The third-order valence-electron chi connectivity index (χ3n) is 3.09. The summed E-state index contributed by atoms with van der Waals surface area (Å²) >= 11 is 3.38. The number of amides is 1. The van der Waals surface area contributed by atoms with Gasteiger partial charge in [-0.05, 0) is 38.1 Å². The maximum Gasteiger partial charge on any atom is 0.322 e. The minimum atomic E-state index is -0.395. The largest absolute Gasteiger partial charge is 0.403 e. The number of hydrogen-bond donors (Lipinski definition) is 1. The lowest BCUT2D eigenvalue weighted by Gasteiger charge is -2.03. The molecule has 0 aliphatic carbocycles. The molecule has 118 valence electrons. The number of nitrogens with one attached hydrogen (secondary N) is 1. The van der Waals surface area contributed by atoms with Gasteiger partial charge in [-0.1, -0.05) is 27.1 Å². The topological polar surface area (TPSA) is 85.8 Å². The van der Waals surface area contributed by atoms with Crippen LogP contribution >= 0.6 is 15.9 Å². The molecule has 0 aliphatic heterocycles. The van der Waals surface area contributed by atoms with Gasteiger partial charge in [0.2, 0.25) is 5.89 Å². The summed E-state index contributed by atoms with van der Waals surface area (Å²) in [6.07, 6.45) is 1.75. The van der Waals surface area contributed by atoms with E-state index < -0.39 is 5.91 Å². The predicted octanol–water partition coefficient (Wildman–Crippen LogP) is 3.53. The molecule has 3 aromatic rings. The van der Waals surface area contributed by atoms with Gasteiger partial charge in [0, 0.05) is 22.3 Å². The van der Waals surface area contributed by atoms with Crippen LogP contribution in [0.1, 0.15) is 30.4 Å². The monoisotopic (exact) mass is 375 g/mol. The number of nitrogens with zero attached hydrogens (tertiary/aromatic N) is 4. The molecule has 7 nitrogen and oxygen atoms in total. The summed E-state index contributed by atoms with van der Waals surface area (Å²) in [5.41, 5.74) is 1.05. The average Bonchev–Trinajstić information content (AvgIpc) is 3.16. The van der Waals surface area contributed by atoms with Crippen LogP contribution in [0.5, 0.6) is 0 Å². The second-order valence-electron chi connectivity index (χ2n) is 5.15. The van der Waals surface area contributed by atoms with Gasteiger partial charge >= 0.3 is 6.01 Å². The molecule has 23 heavy (non-hydrogen) atoms. The lowest BCUT2D eigenvalue weighted by molar-refractivity contribution is 0.101. The Kier molecular flexibility index (Phi) is 4.24. The van der Waals surface area contributed by atoms with Crippen LogP contribution < -0.4 is 5.32 Å². The number of aromatic nitrogens is 4. The molecule has 0 radical (unpaired) electrons. The van der Waals surface area contributed by atoms with Crippen molar-refractivity contribution in [3.8, 4) is 11.5 Å². The number of anilines is 1. The van der Waals surface area contributed by atoms with Gasteiger partial charge in [-0.15, -0.1) is 5.10 Å². The Hall–Kier alpha value is -2.48. The number of halogens is 1. The van der Waals surface area contributed by atoms with Crippen molar-refractivity contribution in [1.29, 1.82) is 0 Å². The molecule has 0 aliphatic rings. The van der Waals surface area contributed by atoms with Gasteiger partial charge in [-0.25, -0.2) is 0 Å². The molecular formula is C15H14BrN5O2. The van der Waals surface area contributed by atoms with Crippen LogP contribution in [-0.4, -0.2) is 25.9 Å². The molecule has 1 amide bonds. The molecule has 0 spiro atoms. The van der Waals surface area contributed by atoms with Crippen LogP contribution in [0.25, 0.3) is 11.5 Å². The fourth-order valence-electron chi connectivity index (χ4n) is 1.92. The predicted molar refractivity (Wildman–Crippen MR) is 88.0 cm³/mol. The molecule has 2 heterocycles. The third-order valence-corrected chi connectivity index (χ3v) is 3.58. The molecule has 1 N–H and O–H groups in total. The van der Waals surface area contributed by atoms with Crippen LogP contribution in [-0.2, 0) is 0 Å². The van der Waals surface area contributed by atoms with Crippen LogP contribution in [0, 0.1) is 0 Å². The summed E-state index contributed by atoms with van der Waals surface area (Å²) in [7, 11) is 0. The zero-order valence-corrected chi connectivity index (χ0v) is 14.1. The highest BCUT2D eigenvalue weighted by Crippen LogP contribution is 2.23. The second kappa shape index (κ2) is 6.33. The lowest BCUT2D eigenvalue weighted by atomic mass is 10.2. The van der Waals surface area contributed by atoms with Gasteiger partial charge in [0.1, 0.15) is 0 Å². The van der Waals surface area contributed by atoms with Crippen molar-refractivity contribution in [2.75, 3.05) is 5.32 Å². The molecule has 0 atom stereocenters. The van der Waals surface area contributed by atoms with E-state index >= 15 is 0 Å². The summed E-state index contributed by atoms with van der Waals surface area (Å²) in [6.45, 7) is 3.97. The maximum atomic E-state index is 12.1. The first-order chi connectivity index (χ1) is 11.0. The average molecular weight is 376 g/mol. The highest BCUT2D eigenvalue weighted by Gasteiger charge is 2.15. The van der Waals surface area contributed by atoms with Gasteiger partial charge in [0.15, 0.2) is 5.69 Å². The standard InChI is InChI=1S/C15H14BrN5O2/c1-9(2)21-7-6-12(20-21)13(22)17-15-19-18-14(23-15)10-4-3-5-11(16)8-10/h3-9H,1-2H3,(H,17,19,22). The third kappa shape index (κ3) is 3.48. The van der Waals surface area contributed by atoms with Crippen molar-refractivity contribution in [2.24, 2.45) is 0 Å². The number of carbonyl (C=O) groups excluding carboxylic acids is 1. The van der Waals surface area contributed by atoms with Crippen molar-refractivity contribution < 1.29 is 9.21 Å². The van der Waals surface area contributed by atoms with E-state index in [0.717, 1.165) is 10.0 Å². The molecular weight excluding hydrogens is 362 g/mol. The molecule has 0 saturated heterocycles. The zero-order valence-electron chi connectivity index (χ0n) is 12.5. The fraction of sp³-hybridized carbons (Fsp3) is 0.200. The number of carbonyl (C=O) groups is 1. The van der Waals surface area contributed by atoms with Crippen molar-refractivity contribution in [3.05, 3.63) is 46.7 Å². The fourth-order valence-corrected chi connectivity index (χ4v) is 2.32. The quantitative estimate of drug-likeness (QED) is 0.753. The van der Waals surface area contributed by atoms with Crippen LogP contribution in [0.15, 0.2) is 45.4 Å². The lowest BCUT2D eigenvalue weighted by Crippen LogP contribution is -2.14. The van der Waals surface area contributed by atoms with Crippen LogP contribution in [0.3, 0.4) is 0 Å². The Balaban J connectivity index is 1.74. The van der Waals surface area contributed by atoms with E-state index in [0.29, 0.717) is 11.6 Å². The highest BCUT2D eigenvalue weighted by molar-refractivity contribution is 9.10. The van der Waals surface area contributed by atoms with E-state index in [1.54, 1.807) is 16.9 Å². The first-order valence-corrected chi connectivity index (χ1v) is 7.78. The molecule has 2 aromatic heterocycles. The molecule has 0 saturated carbocycles. The smallest absolute Gasteiger partial charge is 0.322 e. The SMILES string of the molecule is CC(C)n1ccc(C(=O)Nc2nnc(-c3cccc(Br)c3)o2)n1. The van der Waals surface area contributed by atoms with E-state index in [1.807, 2.05) is 38.1 Å². The van der Waals surface area contributed by atoms with Gasteiger partial charge in [0.25, 0.3) is 5.91 Å². The minimum absolute atomic E-state index is 0.0315. The Morgan fingerprint density at radius 1 is 1.30 bits per heavy atom. The van der Waals surface area contributed by atoms with Crippen molar-refractivity contribution >= 4 is 27.9 Å². The number of benzene rings is 1. The van der Waals surface area contributed by atoms with Crippen molar-refractivity contribution in [1.82, 2.24) is 20.0 Å². The Bertz CT molecular complexity index is 840. The van der Waals surface area contributed by atoms with Crippen molar-refractivity contribution in [2.45, 2.75) is 19.9 Å². The molecule has 3 rings (SSSR count). The molecule has 8 heteroatoms.